The highest BCUT2D eigenvalue weighted by Gasteiger charge is 2.14. The van der Waals surface area contributed by atoms with Crippen LogP contribution in [0.3, 0.4) is 0 Å². The number of benzene rings is 1. The van der Waals surface area contributed by atoms with Gasteiger partial charge in [-0.05, 0) is 37.0 Å². The van der Waals surface area contributed by atoms with Crippen LogP contribution in [0.4, 0.5) is 0 Å². The van der Waals surface area contributed by atoms with Gasteiger partial charge in [0.1, 0.15) is 0 Å². The first-order valence-electron chi connectivity index (χ1n) is 12.5. The predicted octanol–water partition coefficient (Wildman–Crippen LogP) is 5.25. The Bertz CT molecular complexity index is 679. The molecule has 1 N–H and O–H groups in total. The Labute approximate surface area is 229 Å². The predicted molar refractivity (Wildman–Crippen MR) is 152 cm³/mol. The van der Waals surface area contributed by atoms with Gasteiger partial charge in [-0.25, -0.2) is 0 Å². The van der Waals surface area contributed by atoms with Crippen molar-refractivity contribution in [2.75, 3.05) is 65.1 Å². The van der Waals surface area contributed by atoms with Crippen LogP contribution >= 0.6 is 36.6 Å². The lowest BCUT2D eigenvalue weighted by Crippen LogP contribution is -2.40. The van der Waals surface area contributed by atoms with Gasteiger partial charge in [-0.2, -0.15) is 11.8 Å². The van der Waals surface area contributed by atoms with E-state index in [0.717, 1.165) is 69.8 Å². The maximum absolute atomic E-state index is 12.3. The smallest absolute Gasteiger partial charge is 0.222 e. The summed E-state index contributed by atoms with van der Waals surface area (Å²) in [5.74, 6) is 4.32. The molecule has 1 aliphatic heterocycles. The van der Waals surface area contributed by atoms with E-state index in [4.69, 9.17) is 14.2 Å². The maximum atomic E-state index is 12.3. The van der Waals surface area contributed by atoms with Gasteiger partial charge in [0.25, 0.3) is 0 Å². The van der Waals surface area contributed by atoms with E-state index in [2.05, 4.69) is 29.3 Å². The summed E-state index contributed by atoms with van der Waals surface area (Å²) in [4.78, 5) is 14.8. The number of amides is 1. The molecule has 0 saturated carbocycles. The average Bonchev–Trinajstić information content (AvgIpc) is 2.84. The van der Waals surface area contributed by atoms with Crippen LogP contribution in [-0.2, 0) is 16.0 Å². The zero-order valence-electron chi connectivity index (χ0n) is 21.7. The summed E-state index contributed by atoms with van der Waals surface area (Å²) in [5, 5.41) is 3.12. The van der Waals surface area contributed by atoms with E-state index in [0.29, 0.717) is 13.2 Å². The number of aryl methyl sites for hydroxylation is 1. The standard InChI is InChI=1S/C26H44N2O4S.2ClH/c1-22(26(29)27-13-14-28-15-19-33-20-16-28)9-6-4-5-7-10-23-11-12-24(31-3)25(21-23)32-18-8-17-30-2;;/h11-12,21-22H,4-10,13-20H2,1-3H3,(H,27,29);2*1H/t22-;;/m1../s1. The second-order valence-corrected chi connectivity index (χ2v) is 10.0. The number of carbonyl (C=O) groups excluding carboxylic acids is 1. The summed E-state index contributed by atoms with van der Waals surface area (Å²) < 4.78 is 16.4. The maximum Gasteiger partial charge on any atom is 0.222 e. The number of halogens is 2. The fourth-order valence-electron chi connectivity index (χ4n) is 3.98. The minimum atomic E-state index is 0. The van der Waals surface area contributed by atoms with Crippen LogP contribution in [0.5, 0.6) is 11.5 Å². The zero-order valence-corrected chi connectivity index (χ0v) is 24.2. The van der Waals surface area contributed by atoms with Crippen molar-refractivity contribution < 1.29 is 19.0 Å². The van der Waals surface area contributed by atoms with E-state index in [-0.39, 0.29) is 36.6 Å². The highest BCUT2D eigenvalue weighted by molar-refractivity contribution is 7.99. The third kappa shape index (κ3) is 14.5. The molecule has 0 unspecified atom stereocenters. The van der Waals surface area contributed by atoms with E-state index in [1.807, 2.05) is 17.8 Å². The first-order chi connectivity index (χ1) is 16.1. The van der Waals surface area contributed by atoms with Crippen molar-refractivity contribution in [2.45, 2.75) is 51.9 Å². The van der Waals surface area contributed by atoms with Gasteiger partial charge in [-0.15, -0.1) is 24.8 Å². The number of nitrogens with one attached hydrogen (secondary N) is 1. The Kier molecular flexibility index (Phi) is 20.7. The third-order valence-electron chi connectivity index (χ3n) is 6.11. The number of ether oxygens (including phenoxy) is 3. The summed E-state index contributed by atoms with van der Waals surface area (Å²) >= 11 is 2.02. The molecule has 0 spiro atoms. The molecule has 6 nitrogen and oxygen atoms in total. The number of thioether (sulfide) groups is 1. The van der Waals surface area contributed by atoms with Gasteiger partial charge < -0.3 is 19.5 Å². The summed E-state index contributed by atoms with van der Waals surface area (Å²) in [7, 11) is 3.37. The second kappa shape index (κ2) is 21.2. The SMILES string of the molecule is COCCCOc1cc(CCCCCC[C@@H](C)C(=O)NCCN2CCSCC2)ccc1OC.Cl.Cl. The molecule has 1 aromatic carbocycles. The van der Waals surface area contributed by atoms with Crippen LogP contribution in [0.1, 0.15) is 51.0 Å². The number of rotatable bonds is 17. The number of carbonyl (C=O) groups is 1. The van der Waals surface area contributed by atoms with Crippen molar-refractivity contribution in [3.05, 3.63) is 23.8 Å². The van der Waals surface area contributed by atoms with E-state index in [1.54, 1.807) is 14.2 Å². The number of hydrogen-bond donors (Lipinski definition) is 1. The summed E-state index contributed by atoms with van der Waals surface area (Å²) in [6.45, 7) is 7.41. The Morgan fingerprint density at radius 1 is 1.03 bits per heavy atom. The summed E-state index contributed by atoms with van der Waals surface area (Å²) in [6, 6.07) is 6.21. The van der Waals surface area contributed by atoms with Crippen LogP contribution in [-0.4, -0.2) is 75.9 Å². The Morgan fingerprint density at radius 2 is 1.77 bits per heavy atom. The number of hydrogen-bond acceptors (Lipinski definition) is 6. The molecule has 0 bridgehead atoms. The van der Waals surface area contributed by atoms with Crippen molar-refractivity contribution >= 4 is 42.5 Å². The molecule has 1 aromatic rings. The third-order valence-corrected chi connectivity index (χ3v) is 7.05. The van der Waals surface area contributed by atoms with Crippen LogP contribution in [0, 0.1) is 5.92 Å². The van der Waals surface area contributed by atoms with Crippen LogP contribution < -0.4 is 14.8 Å². The molecule has 1 saturated heterocycles. The molecule has 9 heteroatoms. The lowest BCUT2D eigenvalue weighted by molar-refractivity contribution is -0.124. The molecule has 0 aliphatic carbocycles. The van der Waals surface area contributed by atoms with Crippen molar-refractivity contribution in [1.29, 1.82) is 0 Å². The minimum Gasteiger partial charge on any atom is -0.493 e. The zero-order chi connectivity index (χ0) is 23.7. The Balaban J connectivity index is 0.00000578. The topological polar surface area (TPSA) is 60.0 Å². The first-order valence-corrected chi connectivity index (χ1v) is 13.7. The van der Waals surface area contributed by atoms with Crippen LogP contribution in [0.15, 0.2) is 18.2 Å². The molecular formula is C26H46Cl2N2O4S. The molecule has 1 amide bonds. The molecule has 1 fully saturated rings. The minimum absolute atomic E-state index is 0. The van der Waals surface area contributed by atoms with Crippen molar-refractivity contribution in [2.24, 2.45) is 5.92 Å². The fourth-order valence-corrected chi connectivity index (χ4v) is 4.95. The lowest BCUT2D eigenvalue weighted by Gasteiger charge is -2.26. The van der Waals surface area contributed by atoms with Crippen molar-refractivity contribution in [1.82, 2.24) is 10.2 Å². The molecule has 2 rings (SSSR count). The van der Waals surface area contributed by atoms with Gasteiger partial charge in [0.05, 0.1) is 13.7 Å². The molecule has 35 heavy (non-hydrogen) atoms. The highest BCUT2D eigenvalue weighted by atomic mass is 35.5. The lowest BCUT2D eigenvalue weighted by atomic mass is 10.00. The van der Waals surface area contributed by atoms with Crippen molar-refractivity contribution in [3.63, 3.8) is 0 Å². The van der Waals surface area contributed by atoms with Gasteiger partial charge in [0.2, 0.25) is 5.91 Å². The van der Waals surface area contributed by atoms with E-state index in [1.165, 1.54) is 29.9 Å². The normalized spacial score (nSPS) is 14.4. The van der Waals surface area contributed by atoms with E-state index in [9.17, 15) is 4.79 Å². The van der Waals surface area contributed by atoms with Crippen molar-refractivity contribution in [3.8, 4) is 11.5 Å². The van der Waals surface area contributed by atoms with E-state index < -0.39 is 0 Å². The second-order valence-electron chi connectivity index (χ2n) is 8.78. The molecule has 1 atom stereocenters. The fraction of sp³-hybridized carbons (Fsp3) is 0.731. The Hall–Kier alpha value is -0.860. The molecule has 0 radical (unpaired) electrons. The van der Waals surface area contributed by atoms with E-state index >= 15 is 0 Å². The van der Waals surface area contributed by atoms with Crippen LogP contribution in [0.25, 0.3) is 0 Å². The first kappa shape index (κ1) is 34.1. The molecular weight excluding hydrogens is 507 g/mol. The van der Waals surface area contributed by atoms with Gasteiger partial charge in [-0.1, -0.05) is 32.3 Å². The summed E-state index contributed by atoms with van der Waals surface area (Å²) in [6.07, 6.45) is 7.45. The Morgan fingerprint density at radius 3 is 2.49 bits per heavy atom. The van der Waals surface area contributed by atoms with Gasteiger partial charge in [0, 0.05) is 63.7 Å². The number of methoxy groups -OCH3 is 2. The monoisotopic (exact) mass is 552 g/mol. The molecule has 204 valence electrons. The molecule has 0 aromatic heterocycles. The van der Waals surface area contributed by atoms with Gasteiger partial charge in [-0.3, -0.25) is 9.69 Å². The van der Waals surface area contributed by atoms with Crippen LogP contribution in [0.2, 0.25) is 0 Å². The molecule has 1 aliphatic rings. The number of nitrogens with zero attached hydrogens (tertiary/aromatic N) is 1. The summed E-state index contributed by atoms with van der Waals surface area (Å²) in [5.41, 5.74) is 1.28. The molecule has 1 heterocycles. The number of unbranched alkanes of at least 4 members (excludes halogenated alkanes) is 3. The van der Waals surface area contributed by atoms with Gasteiger partial charge >= 0.3 is 0 Å². The highest BCUT2D eigenvalue weighted by Crippen LogP contribution is 2.29. The average molecular weight is 554 g/mol. The quantitative estimate of drug-likeness (QED) is 0.266. The largest absolute Gasteiger partial charge is 0.493 e. The van der Waals surface area contributed by atoms with Gasteiger partial charge in [0.15, 0.2) is 11.5 Å².